The summed E-state index contributed by atoms with van der Waals surface area (Å²) in [6.07, 6.45) is 1.83. The van der Waals surface area contributed by atoms with E-state index in [9.17, 15) is 4.79 Å². The van der Waals surface area contributed by atoms with Gasteiger partial charge < -0.3 is 10.1 Å². The first-order valence-electron chi connectivity index (χ1n) is 7.44. The molecule has 2 aromatic heterocycles. The molecule has 3 rings (SSSR count). The molecule has 0 unspecified atom stereocenters. The third-order valence-electron chi connectivity index (χ3n) is 3.46. The summed E-state index contributed by atoms with van der Waals surface area (Å²) < 4.78 is 6.64. The highest BCUT2D eigenvalue weighted by Crippen LogP contribution is 2.09. The van der Waals surface area contributed by atoms with Crippen molar-refractivity contribution in [2.75, 3.05) is 7.11 Å². The molecule has 2 heterocycles. The smallest absolute Gasteiger partial charge is 0.247 e. The van der Waals surface area contributed by atoms with Gasteiger partial charge in [-0.1, -0.05) is 30.3 Å². The van der Waals surface area contributed by atoms with E-state index < -0.39 is 0 Å². The van der Waals surface area contributed by atoms with Crippen molar-refractivity contribution in [2.24, 2.45) is 0 Å². The molecule has 24 heavy (non-hydrogen) atoms. The van der Waals surface area contributed by atoms with Gasteiger partial charge in [0.1, 0.15) is 0 Å². The Balaban J connectivity index is 1.71. The van der Waals surface area contributed by atoms with Gasteiger partial charge in [-0.05, 0) is 24.6 Å². The van der Waals surface area contributed by atoms with Gasteiger partial charge in [0.25, 0.3) is 0 Å². The third-order valence-corrected chi connectivity index (χ3v) is 3.46. The van der Waals surface area contributed by atoms with E-state index in [1.165, 1.54) is 7.11 Å². The Morgan fingerprint density at radius 2 is 2.00 bits per heavy atom. The van der Waals surface area contributed by atoms with Crippen molar-refractivity contribution in [3.05, 3.63) is 59.4 Å². The molecule has 0 fully saturated rings. The molecule has 0 atom stereocenters. The highest BCUT2D eigenvalue weighted by Gasteiger charge is 2.10. The van der Waals surface area contributed by atoms with Gasteiger partial charge in [-0.15, -0.1) is 15.3 Å². The van der Waals surface area contributed by atoms with Crippen molar-refractivity contribution in [1.29, 1.82) is 0 Å². The Bertz CT molecular complexity index is 886. The number of hydrogen-bond donors (Lipinski definition) is 1. The molecule has 122 valence electrons. The van der Waals surface area contributed by atoms with Crippen molar-refractivity contribution in [1.82, 2.24) is 25.1 Å². The van der Waals surface area contributed by atoms with Gasteiger partial charge in [-0.3, -0.25) is 4.79 Å². The molecule has 0 aliphatic heterocycles. The van der Waals surface area contributed by atoms with E-state index in [1.54, 1.807) is 23.6 Å². The molecule has 7 heteroatoms. The van der Waals surface area contributed by atoms with Gasteiger partial charge in [0.2, 0.25) is 11.8 Å². The Morgan fingerprint density at radius 3 is 2.75 bits per heavy atom. The number of nitrogens with one attached hydrogen (secondary N) is 1. The van der Waals surface area contributed by atoms with Crippen LogP contribution in [0.5, 0.6) is 5.88 Å². The van der Waals surface area contributed by atoms with Crippen LogP contribution in [-0.2, 0) is 11.3 Å². The Kier molecular flexibility index (Phi) is 4.51. The maximum absolute atomic E-state index is 12.2. The van der Waals surface area contributed by atoms with Gasteiger partial charge in [0.05, 0.1) is 13.7 Å². The van der Waals surface area contributed by atoms with Gasteiger partial charge in [-0.2, -0.15) is 4.52 Å². The van der Waals surface area contributed by atoms with E-state index in [4.69, 9.17) is 4.74 Å². The molecule has 1 amide bonds. The van der Waals surface area contributed by atoms with E-state index in [0.717, 1.165) is 5.56 Å². The summed E-state index contributed by atoms with van der Waals surface area (Å²) >= 11 is 0. The van der Waals surface area contributed by atoms with Crippen LogP contribution in [0, 0.1) is 0 Å². The van der Waals surface area contributed by atoms with Crippen LogP contribution in [0.4, 0.5) is 0 Å². The highest BCUT2D eigenvalue weighted by atomic mass is 16.5. The van der Waals surface area contributed by atoms with Gasteiger partial charge in [-0.25, -0.2) is 0 Å². The number of benzene rings is 1. The number of amides is 1. The van der Waals surface area contributed by atoms with E-state index in [1.807, 2.05) is 36.4 Å². The second kappa shape index (κ2) is 6.91. The predicted molar refractivity (Wildman–Crippen MR) is 89.3 cm³/mol. The molecular weight excluding hydrogens is 306 g/mol. The van der Waals surface area contributed by atoms with Crippen molar-refractivity contribution < 1.29 is 9.53 Å². The van der Waals surface area contributed by atoms with Gasteiger partial charge in [0.15, 0.2) is 11.5 Å². The second-order valence-corrected chi connectivity index (χ2v) is 5.18. The third kappa shape index (κ3) is 3.40. The number of rotatable bonds is 5. The summed E-state index contributed by atoms with van der Waals surface area (Å²) in [6, 6.07) is 13.1. The minimum atomic E-state index is -0.168. The lowest BCUT2D eigenvalue weighted by atomic mass is 10.1. The van der Waals surface area contributed by atoms with Gasteiger partial charge in [0, 0.05) is 11.6 Å². The number of ether oxygens (including phenoxy) is 1. The van der Waals surface area contributed by atoms with Crippen molar-refractivity contribution in [2.45, 2.75) is 13.5 Å². The monoisotopic (exact) mass is 323 g/mol. The Morgan fingerprint density at radius 1 is 1.21 bits per heavy atom. The van der Waals surface area contributed by atoms with E-state index in [-0.39, 0.29) is 12.5 Å². The quantitative estimate of drug-likeness (QED) is 0.725. The molecule has 0 saturated heterocycles. The standard InChI is InChI=1S/C17H17N5O2/c1-12(10-13-6-4-3-5-7-13)17(23)18-11-15-20-19-14-8-9-16(24-2)21-22(14)15/h3-10H,11H2,1-2H3,(H,18,23). The maximum Gasteiger partial charge on any atom is 0.247 e. The normalized spacial score (nSPS) is 11.5. The van der Waals surface area contributed by atoms with Crippen LogP contribution in [0.3, 0.4) is 0 Å². The van der Waals surface area contributed by atoms with Crippen LogP contribution < -0.4 is 10.1 Å². The molecule has 0 bridgehead atoms. The molecule has 0 aliphatic carbocycles. The SMILES string of the molecule is COc1ccc2nnc(CNC(=O)C(C)=Cc3ccccc3)n2n1. The predicted octanol–water partition coefficient (Wildman–Crippen LogP) is 1.85. The fourth-order valence-electron chi connectivity index (χ4n) is 2.20. The number of carbonyl (C=O) groups excluding carboxylic acids is 1. The first kappa shape index (κ1) is 15.7. The molecule has 0 radical (unpaired) electrons. The van der Waals surface area contributed by atoms with Crippen molar-refractivity contribution in [3.63, 3.8) is 0 Å². The van der Waals surface area contributed by atoms with Crippen LogP contribution in [0.25, 0.3) is 11.7 Å². The summed E-state index contributed by atoms with van der Waals surface area (Å²) in [7, 11) is 1.54. The maximum atomic E-state index is 12.2. The average Bonchev–Trinajstić information content (AvgIpc) is 3.02. The van der Waals surface area contributed by atoms with Crippen molar-refractivity contribution in [3.8, 4) is 5.88 Å². The number of aromatic nitrogens is 4. The van der Waals surface area contributed by atoms with Crippen LogP contribution >= 0.6 is 0 Å². The van der Waals surface area contributed by atoms with Gasteiger partial charge >= 0.3 is 0 Å². The zero-order valence-corrected chi connectivity index (χ0v) is 13.4. The number of hydrogen-bond acceptors (Lipinski definition) is 5. The number of fused-ring (bicyclic) bond motifs is 1. The number of nitrogens with zero attached hydrogens (tertiary/aromatic N) is 4. The fourth-order valence-corrected chi connectivity index (χ4v) is 2.20. The zero-order valence-electron chi connectivity index (χ0n) is 13.4. The van der Waals surface area contributed by atoms with Crippen LogP contribution in [0.15, 0.2) is 48.0 Å². The Hall–Kier alpha value is -3.22. The van der Waals surface area contributed by atoms with E-state index >= 15 is 0 Å². The summed E-state index contributed by atoms with van der Waals surface area (Å²) in [5, 5.41) is 15.1. The first-order chi connectivity index (χ1) is 11.7. The lowest BCUT2D eigenvalue weighted by molar-refractivity contribution is -0.117. The Labute approximate surface area is 139 Å². The summed E-state index contributed by atoms with van der Waals surface area (Å²) in [6.45, 7) is 1.99. The average molecular weight is 323 g/mol. The van der Waals surface area contributed by atoms with Crippen molar-refractivity contribution >= 4 is 17.6 Å². The zero-order chi connectivity index (χ0) is 16.9. The summed E-state index contributed by atoms with van der Waals surface area (Å²) in [5.41, 5.74) is 2.18. The van der Waals surface area contributed by atoms with E-state index in [0.29, 0.717) is 22.9 Å². The highest BCUT2D eigenvalue weighted by molar-refractivity contribution is 5.97. The molecule has 7 nitrogen and oxygen atoms in total. The van der Waals surface area contributed by atoms with Crippen LogP contribution in [0.2, 0.25) is 0 Å². The fraction of sp³-hybridized carbons (Fsp3) is 0.176. The topological polar surface area (TPSA) is 81.4 Å². The number of methoxy groups -OCH3 is 1. The van der Waals surface area contributed by atoms with Crippen LogP contribution in [-0.4, -0.2) is 32.8 Å². The minimum Gasteiger partial charge on any atom is -0.480 e. The van der Waals surface area contributed by atoms with Crippen LogP contribution in [0.1, 0.15) is 18.3 Å². The summed E-state index contributed by atoms with van der Waals surface area (Å²) in [5.74, 6) is 0.818. The molecule has 0 saturated carbocycles. The minimum absolute atomic E-state index is 0.168. The number of carbonyl (C=O) groups is 1. The first-order valence-corrected chi connectivity index (χ1v) is 7.44. The second-order valence-electron chi connectivity index (χ2n) is 5.18. The molecular formula is C17H17N5O2. The summed E-state index contributed by atoms with van der Waals surface area (Å²) in [4.78, 5) is 12.2. The molecule has 3 aromatic rings. The lowest BCUT2D eigenvalue weighted by Crippen LogP contribution is -2.24. The largest absolute Gasteiger partial charge is 0.480 e. The van der Waals surface area contributed by atoms with E-state index in [2.05, 4.69) is 20.6 Å². The molecule has 1 aromatic carbocycles. The molecule has 1 N–H and O–H groups in total. The molecule has 0 aliphatic rings. The lowest BCUT2D eigenvalue weighted by Gasteiger charge is -2.05. The molecule has 0 spiro atoms.